The van der Waals surface area contributed by atoms with E-state index in [1.54, 1.807) is 0 Å². The van der Waals surface area contributed by atoms with E-state index in [1.165, 1.54) is 17.4 Å². The summed E-state index contributed by atoms with van der Waals surface area (Å²) in [5.74, 6) is 1.68. The van der Waals surface area contributed by atoms with Gasteiger partial charge in [0, 0.05) is 25.0 Å². The molecule has 22 heavy (non-hydrogen) atoms. The lowest BCUT2D eigenvalue weighted by Crippen LogP contribution is -2.28. The molecule has 1 aliphatic heterocycles. The molecule has 0 spiro atoms. The van der Waals surface area contributed by atoms with Gasteiger partial charge in [0.05, 0.1) is 5.52 Å². The molecule has 0 amide bonds. The van der Waals surface area contributed by atoms with E-state index >= 15 is 0 Å². The smallest absolute Gasteiger partial charge is 0.129 e. The summed E-state index contributed by atoms with van der Waals surface area (Å²) in [6.45, 7) is 8.76. The lowest BCUT2D eigenvalue weighted by molar-refractivity contribution is 0.724. The first-order valence-corrected chi connectivity index (χ1v) is 7.60. The average Bonchev–Trinajstić information content (AvgIpc) is 2.75. The monoisotopic (exact) mass is 341 g/mol. The van der Waals surface area contributed by atoms with Gasteiger partial charge in [-0.15, -0.1) is 24.8 Å². The van der Waals surface area contributed by atoms with Crippen molar-refractivity contribution in [1.82, 2.24) is 10.3 Å². The van der Waals surface area contributed by atoms with Crippen LogP contribution in [-0.2, 0) is 0 Å². The van der Waals surface area contributed by atoms with Gasteiger partial charge in [0.15, 0.2) is 0 Å². The van der Waals surface area contributed by atoms with Crippen molar-refractivity contribution in [3.8, 4) is 0 Å². The molecule has 122 valence electrons. The third-order valence-electron chi connectivity index (χ3n) is 4.03. The first-order valence-electron chi connectivity index (χ1n) is 7.60. The number of rotatable bonds is 2. The molecule has 0 bridgehead atoms. The van der Waals surface area contributed by atoms with Gasteiger partial charge in [0.25, 0.3) is 0 Å². The van der Waals surface area contributed by atoms with Crippen LogP contribution in [0.1, 0.15) is 31.7 Å². The fraction of sp³-hybridized carbons (Fsp3) is 0.471. The van der Waals surface area contributed by atoms with E-state index < -0.39 is 0 Å². The number of hydrogen-bond acceptors (Lipinski definition) is 3. The highest BCUT2D eigenvalue weighted by Gasteiger charge is 2.11. The summed E-state index contributed by atoms with van der Waals surface area (Å²) in [5.41, 5.74) is 2.48. The molecule has 0 saturated carbocycles. The number of anilines is 1. The topological polar surface area (TPSA) is 28.2 Å². The molecule has 1 fully saturated rings. The van der Waals surface area contributed by atoms with Crippen molar-refractivity contribution < 1.29 is 0 Å². The van der Waals surface area contributed by atoms with Crippen LogP contribution >= 0.6 is 24.8 Å². The summed E-state index contributed by atoms with van der Waals surface area (Å²) in [7, 11) is 0. The molecule has 1 N–H and O–H groups in total. The van der Waals surface area contributed by atoms with Gasteiger partial charge in [-0.05, 0) is 48.7 Å². The molecular formula is C17H25Cl2N3. The second kappa shape index (κ2) is 8.56. The molecule has 3 rings (SSSR count). The molecule has 1 aromatic carbocycles. The van der Waals surface area contributed by atoms with Crippen LogP contribution in [0.4, 0.5) is 5.82 Å². The number of benzene rings is 1. The molecule has 5 heteroatoms. The molecule has 1 aliphatic rings. The number of aromatic nitrogens is 1. The van der Waals surface area contributed by atoms with Crippen LogP contribution in [-0.4, -0.2) is 31.2 Å². The second-order valence-electron chi connectivity index (χ2n) is 5.87. The maximum absolute atomic E-state index is 4.84. The zero-order chi connectivity index (χ0) is 13.9. The van der Waals surface area contributed by atoms with Gasteiger partial charge in [0.2, 0.25) is 0 Å². The van der Waals surface area contributed by atoms with Gasteiger partial charge in [-0.2, -0.15) is 0 Å². The van der Waals surface area contributed by atoms with Crippen molar-refractivity contribution in [2.45, 2.75) is 26.2 Å². The van der Waals surface area contributed by atoms with E-state index in [1.807, 2.05) is 0 Å². The van der Waals surface area contributed by atoms with E-state index in [0.717, 1.165) is 37.5 Å². The van der Waals surface area contributed by atoms with E-state index in [4.69, 9.17) is 4.98 Å². The quantitative estimate of drug-likeness (QED) is 0.894. The van der Waals surface area contributed by atoms with Crippen molar-refractivity contribution in [3.05, 3.63) is 35.9 Å². The fourth-order valence-corrected chi connectivity index (χ4v) is 2.74. The molecule has 0 atom stereocenters. The summed E-state index contributed by atoms with van der Waals surface area (Å²) >= 11 is 0. The Morgan fingerprint density at radius 1 is 1.05 bits per heavy atom. The molecule has 0 radical (unpaired) electrons. The maximum atomic E-state index is 4.84. The molecule has 0 aliphatic carbocycles. The Morgan fingerprint density at radius 2 is 1.86 bits per heavy atom. The first kappa shape index (κ1) is 19.0. The van der Waals surface area contributed by atoms with Gasteiger partial charge in [-0.1, -0.05) is 19.9 Å². The standard InChI is InChI=1S/C17H23N3.2ClH/c1-13(2)14-4-6-16-15(12-14)5-7-17(19-16)20-10-3-8-18-9-11-20;;/h4-7,12-13,18H,3,8-11H2,1-2H3;2*1H. The molecule has 1 aromatic heterocycles. The highest BCUT2D eigenvalue weighted by Crippen LogP contribution is 2.23. The zero-order valence-electron chi connectivity index (χ0n) is 13.2. The third-order valence-corrected chi connectivity index (χ3v) is 4.03. The lowest BCUT2D eigenvalue weighted by Gasteiger charge is -2.21. The van der Waals surface area contributed by atoms with E-state index in [9.17, 15) is 0 Å². The van der Waals surface area contributed by atoms with Crippen molar-refractivity contribution >= 4 is 41.5 Å². The fourth-order valence-electron chi connectivity index (χ4n) is 2.74. The molecular weight excluding hydrogens is 317 g/mol. The van der Waals surface area contributed by atoms with Crippen molar-refractivity contribution in [2.24, 2.45) is 0 Å². The Bertz CT molecular complexity index is 593. The number of nitrogens with zero attached hydrogens (tertiary/aromatic N) is 2. The third kappa shape index (κ3) is 4.25. The SMILES string of the molecule is CC(C)c1ccc2nc(N3CCCNCC3)ccc2c1.Cl.Cl. The number of halogens is 2. The van der Waals surface area contributed by atoms with Crippen LogP contribution in [0.3, 0.4) is 0 Å². The lowest BCUT2D eigenvalue weighted by atomic mass is 10.0. The highest BCUT2D eigenvalue weighted by molar-refractivity contribution is 5.85. The van der Waals surface area contributed by atoms with Crippen LogP contribution < -0.4 is 10.2 Å². The maximum Gasteiger partial charge on any atom is 0.129 e. The van der Waals surface area contributed by atoms with Gasteiger partial charge in [-0.25, -0.2) is 4.98 Å². The van der Waals surface area contributed by atoms with Crippen molar-refractivity contribution in [1.29, 1.82) is 0 Å². The van der Waals surface area contributed by atoms with Gasteiger partial charge < -0.3 is 10.2 Å². The van der Waals surface area contributed by atoms with Crippen molar-refractivity contribution in [2.75, 3.05) is 31.1 Å². The Morgan fingerprint density at radius 3 is 2.64 bits per heavy atom. The van der Waals surface area contributed by atoms with E-state index in [2.05, 4.69) is 54.4 Å². The highest BCUT2D eigenvalue weighted by atomic mass is 35.5. The van der Waals surface area contributed by atoms with Crippen LogP contribution in [0.25, 0.3) is 10.9 Å². The normalized spacial score (nSPS) is 15.1. The van der Waals surface area contributed by atoms with Crippen molar-refractivity contribution in [3.63, 3.8) is 0 Å². The molecule has 0 unspecified atom stereocenters. The predicted octanol–water partition coefficient (Wildman–Crippen LogP) is 4.00. The largest absolute Gasteiger partial charge is 0.355 e. The summed E-state index contributed by atoms with van der Waals surface area (Å²) in [6.07, 6.45) is 1.19. The van der Waals surface area contributed by atoms with Crippen LogP contribution in [0.15, 0.2) is 30.3 Å². The summed E-state index contributed by atoms with van der Waals surface area (Å²) in [5, 5.41) is 4.68. The average molecular weight is 342 g/mol. The number of fused-ring (bicyclic) bond motifs is 1. The predicted molar refractivity (Wildman–Crippen MR) is 100 cm³/mol. The number of nitrogens with one attached hydrogen (secondary N) is 1. The Kier molecular flexibility index (Phi) is 7.40. The molecule has 1 saturated heterocycles. The number of hydrogen-bond donors (Lipinski definition) is 1. The van der Waals surface area contributed by atoms with Gasteiger partial charge >= 0.3 is 0 Å². The van der Waals surface area contributed by atoms with E-state index in [0.29, 0.717) is 5.92 Å². The minimum absolute atomic E-state index is 0. The Balaban J connectivity index is 0.00000121. The minimum Gasteiger partial charge on any atom is -0.355 e. The summed E-state index contributed by atoms with van der Waals surface area (Å²) < 4.78 is 0. The summed E-state index contributed by atoms with van der Waals surface area (Å²) in [4.78, 5) is 7.22. The number of pyridine rings is 1. The molecule has 2 heterocycles. The second-order valence-corrected chi connectivity index (χ2v) is 5.87. The van der Waals surface area contributed by atoms with E-state index in [-0.39, 0.29) is 24.8 Å². The minimum atomic E-state index is 0. The van der Waals surface area contributed by atoms with Crippen LogP contribution in [0, 0.1) is 0 Å². The first-order chi connectivity index (χ1) is 9.74. The molecule has 3 nitrogen and oxygen atoms in total. The summed E-state index contributed by atoms with van der Waals surface area (Å²) in [6, 6.07) is 11.0. The Hall–Kier alpha value is -1.03. The van der Waals surface area contributed by atoms with Gasteiger partial charge in [-0.3, -0.25) is 0 Å². The van der Waals surface area contributed by atoms with Crippen LogP contribution in [0.2, 0.25) is 0 Å². The molecule has 2 aromatic rings. The zero-order valence-corrected chi connectivity index (χ0v) is 14.8. The van der Waals surface area contributed by atoms with Crippen LogP contribution in [0.5, 0.6) is 0 Å². The Labute approximate surface area is 145 Å². The van der Waals surface area contributed by atoms with Gasteiger partial charge in [0.1, 0.15) is 5.82 Å².